The maximum Gasteiger partial charge on any atom is 0.295 e. The Labute approximate surface area is 369 Å². The molecule has 0 amide bonds. The molecule has 6 rings (SSSR count). The number of nitrogens with one attached hydrogen (secondary N) is 8. The Morgan fingerprint density at radius 2 is 0.781 bits per heavy atom. The third-order valence-electron chi connectivity index (χ3n) is 8.68. The molecule has 14 N–H and O–H groups in total. The molecule has 24 heteroatoms. The molecule has 22 nitrogen and oxygen atoms in total. The minimum Gasteiger partial charge on any atom is -0.353 e. The Kier molecular flexibility index (Phi) is 16.3. The average molecular weight is 913 g/mol. The van der Waals surface area contributed by atoms with Crippen LogP contribution >= 0.6 is 0 Å². The van der Waals surface area contributed by atoms with E-state index in [1.807, 2.05) is 60.7 Å². The first-order chi connectivity index (χ1) is 30.9. The summed E-state index contributed by atoms with van der Waals surface area (Å²) in [5.41, 5.74) is 12.9. The van der Waals surface area contributed by atoms with Gasteiger partial charge in [-0.3, -0.25) is 9.11 Å². The molecule has 336 valence electrons. The quantitative estimate of drug-likeness (QED) is 0.0234. The summed E-state index contributed by atoms with van der Waals surface area (Å²) in [5, 5.41) is 24.7. The molecule has 0 aliphatic heterocycles. The predicted molar refractivity (Wildman–Crippen MR) is 248 cm³/mol. The van der Waals surface area contributed by atoms with Gasteiger partial charge in [-0.2, -0.15) is 46.7 Å². The molecule has 0 unspecified atom stereocenters. The lowest BCUT2D eigenvalue weighted by Gasteiger charge is -2.13. The number of para-hydroxylation sites is 2. The molecule has 4 aromatic carbocycles. The molecule has 0 aliphatic rings. The molecule has 0 saturated carbocycles. The fraction of sp³-hybridized carbons (Fsp3) is 0.200. The zero-order valence-electron chi connectivity index (χ0n) is 34.2. The lowest BCUT2D eigenvalue weighted by atomic mass is 10.1. The smallest absolute Gasteiger partial charge is 0.295 e. The molecule has 0 spiro atoms. The third-order valence-corrected chi connectivity index (χ3v) is 10.5. The first-order valence-corrected chi connectivity index (χ1v) is 22.6. The van der Waals surface area contributed by atoms with Crippen LogP contribution in [0.25, 0.3) is 12.2 Å². The standard InChI is InChI=1S/C40H48N16O6S2/c41-17-19-43-21-23-45-35-51-37(47-29-7-3-1-4-8-29)55-39(53-35)49-31-15-13-27(33(25-31)63(57,58)59)11-12-28-14-16-32(26-34(28)64(60,61)62)50-40-54-36(46-24-22-44-20-18-42)52-38(56-40)48-30-9-5-2-6-10-30/h1-16,25-26,43-44H,17-24,41-42H2,(H,57,58,59)(H,60,61,62)(H3,45,47,49,51,53,55)(H3,46,48,50,52,54,56)/b12-11+. The van der Waals surface area contributed by atoms with E-state index in [9.17, 15) is 25.9 Å². The topological polar surface area (TPSA) is 334 Å². The fourth-order valence-corrected chi connectivity index (χ4v) is 7.22. The van der Waals surface area contributed by atoms with Crippen LogP contribution in [0.3, 0.4) is 0 Å². The van der Waals surface area contributed by atoms with Gasteiger partial charge in [0.2, 0.25) is 35.7 Å². The van der Waals surface area contributed by atoms with Crippen LogP contribution in [0.15, 0.2) is 107 Å². The van der Waals surface area contributed by atoms with Gasteiger partial charge in [-0.15, -0.1) is 0 Å². The third kappa shape index (κ3) is 14.3. The van der Waals surface area contributed by atoms with Gasteiger partial charge in [0, 0.05) is 75.1 Å². The van der Waals surface area contributed by atoms with E-state index in [2.05, 4.69) is 72.4 Å². The second-order valence-electron chi connectivity index (χ2n) is 13.6. The number of nitrogens with two attached hydrogens (primary N) is 2. The van der Waals surface area contributed by atoms with Crippen LogP contribution in [-0.4, -0.2) is 108 Å². The van der Waals surface area contributed by atoms with Crippen molar-refractivity contribution in [2.24, 2.45) is 11.5 Å². The lowest BCUT2D eigenvalue weighted by molar-refractivity contribution is 0.480. The Morgan fingerprint density at radius 1 is 0.438 bits per heavy atom. The highest BCUT2D eigenvalue weighted by molar-refractivity contribution is 7.86. The Bertz CT molecular complexity index is 2550. The minimum absolute atomic E-state index is 0.00663. The van der Waals surface area contributed by atoms with Gasteiger partial charge >= 0.3 is 0 Å². The number of nitrogens with zero attached hydrogens (tertiary/aromatic N) is 6. The molecule has 2 aromatic heterocycles. The largest absolute Gasteiger partial charge is 0.353 e. The zero-order chi connectivity index (χ0) is 45.4. The summed E-state index contributed by atoms with van der Waals surface area (Å²) < 4.78 is 71.4. The number of aromatic nitrogens is 6. The van der Waals surface area contributed by atoms with Crippen LogP contribution in [0.1, 0.15) is 11.1 Å². The number of benzene rings is 4. The normalized spacial score (nSPS) is 11.6. The highest BCUT2D eigenvalue weighted by atomic mass is 32.2. The van der Waals surface area contributed by atoms with Gasteiger partial charge in [-0.25, -0.2) is 0 Å². The number of hydrogen-bond acceptors (Lipinski definition) is 20. The van der Waals surface area contributed by atoms with E-state index in [4.69, 9.17) is 11.5 Å². The maximum absolute atomic E-state index is 12.7. The van der Waals surface area contributed by atoms with Crippen molar-refractivity contribution < 1.29 is 25.9 Å². The van der Waals surface area contributed by atoms with Crippen LogP contribution in [0, 0.1) is 0 Å². The number of anilines is 10. The molecule has 0 saturated heterocycles. The summed E-state index contributed by atoms with van der Waals surface area (Å²) in [7, 11) is -9.69. The van der Waals surface area contributed by atoms with Gasteiger partial charge in [-0.05, 0) is 59.7 Å². The second kappa shape index (κ2) is 22.5. The molecular weight excluding hydrogens is 865 g/mol. The molecule has 0 radical (unpaired) electrons. The van der Waals surface area contributed by atoms with Crippen LogP contribution in [0.2, 0.25) is 0 Å². The van der Waals surface area contributed by atoms with Gasteiger partial charge in [0.1, 0.15) is 9.79 Å². The van der Waals surface area contributed by atoms with E-state index in [1.54, 1.807) is 0 Å². The van der Waals surface area contributed by atoms with E-state index < -0.39 is 30.0 Å². The van der Waals surface area contributed by atoms with Gasteiger partial charge in [0.15, 0.2) is 0 Å². The summed E-state index contributed by atoms with van der Waals surface area (Å²) in [6, 6.07) is 26.5. The fourth-order valence-electron chi connectivity index (χ4n) is 5.80. The number of hydrogen-bond donors (Lipinski definition) is 12. The van der Waals surface area contributed by atoms with Crippen molar-refractivity contribution in [1.29, 1.82) is 0 Å². The molecule has 6 aromatic rings. The second-order valence-corrected chi connectivity index (χ2v) is 16.3. The molecule has 0 aliphatic carbocycles. The van der Waals surface area contributed by atoms with E-state index in [-0.39, 0.29) is 58.2 Å². The molecule has 0 atom stereocenters. The summed E-state index contributed by atoms with van der Waals surface area (Å²) >= 11 is 0. The van der Waals surface area contributed by atoms with E-state index in [1.165, 1.54) is 48.6 Å². The SMILES string of the molecule is NCCNCCNc1nc(Nc2ccccc2)nc(Nc2ccc(/C=C/c3ccc(Nc4nc(NCCNCCN)nc(Nc5ccccc5)n4)cc3S(=O)(=O)O)c(S(=O)(=O)O)c2)n1. The first-order valence-electron chi connectivity index (χ1n) is 19.8. The molecule has 2 heterocycles. The van der Waals surface area contributed by atoms with E-state index in [0.717, 1.165) is 0 Å². The lowest BCUT2D eigenvalue weighted by Crippen LogP contribution is -2.27. The molecule has 64 heavy (non-hydrogen) atoms. The predicted octanol–water partition coefficient (Wildman–Crippen LogP) is 3.62. The highest BCUT2D eigenvalue weighted by Crippen LogP contribution is 2.29. The average Bonchev–Trinajstić information content (AvgIpc) is 3.26. The van der Waals surface area contributed by atoms with Crippen LogP contribution in [-0.2, 0) is 20.2 Å². The Morgan fingerprint density at radius 3 is 1.12 bits per heavy atom. The minimum atomic E-state index is -4.85. The van der Waals surface area contributed by atoms with Crippen LogP contribution in [0.4, 0.5) is 58.4 Å². The van der Waals surface area contributed by atoms with Crippen molar-refractivity contribution in [3.8, 4) is 0 Å². The maximum atomic E-state index is 12.7. The summed E-state index contributed by atoms with van der Waals surface area (Å²) in [6.45, 7) is 4.30. The van der Waals surface area contributed by atoms with Crippen molar-refractivity contribution in [1.82, 2.24) is 40.5 Å². The van der Waals surface area contributed by atoms with Crippen LogP contribution < -0.4 is 54.0 Å². The van der Waals surface area contributed by atoms with E-state index in [0.29, 0.717) is 63.7 Å². The van der Waals surface area contributed by atoms with Gasteiger partial charge in [-0.1, -0.05) is 60.7 Å². The summed E-state index contributed by atoms with van der Waals surface area (Å²) in [5.74, 6) is 0.913. The van der Waals surface area contributed by atoms with Crippen LogP contribution in [0.5, 0.6) is 0 Å². The highest BCUT2D eigenvalue weighted by Gasteiger charge is 2.19. The van der Waals surface area contributed by atoms with E-state index >= 15 is 0 Å². The zero-order valence-corrected chi connectivity index (χ0v) is 35.9. The van der Waals surface area contributed by atoms with Gasteiger partial charge in [0.25, 0.3) is 20.2 Å². The molecule has 0 bridgehead atoms. The monoisotopic (exact) mass is 912 g/mol. The van der Waals surface area contributed by atoms with Crippen molar-refractivity contribution in [3.63, 3.8) is 0 Å². The Hall–Kier alpha value is -6.90. The summed E-state index contributed by atoms with van der Waals surface area (Å²) in [6.07, 6.45) is 2.56. The Balaban J connectivity index is 1.24. The van der Waals surface area contributed by atoms with Crippen molar-refractivity contribution >= 4 is 90.8 Å². The van der Waals surface area contributed by atoms with Crippen molar-refractivity contribution in [3.05, 3.63) is 108 Å². The molecular formula is C40H48N16O6S2. The first kappa shape index (κ1) is 46.6. The van der Waals surface area contributed by atoms with Gasteiger partial charge < -0.3 is 54.0 Å². The van der Waals surface area contributed by atoms with Gasteiger partial charge in [0.05, 0.1) is 0 Å². The number of rotatable bonds is 24. The van der Waals surface area contributed by atoms with Crippen molar-refractivity contribution in [2.45, 2.75) is 9.79 Å². The van der Waals surface area contributed by atoms with Crippen molar-refractivity contribution in [2.75, 3.05) is 84.3 Å². The summed E-state index contributed by atoms with van der Waals surface area (Å²) in [4.78, 5) is 25.5. The molecule has 0 fully saturated rings.